The molecule has 6 heteroatoms. The second-order valence-electron chi connectivity index (χ2n) is 8.46. The fourth-order valence-corrected chi connectivity index (χ4v) is 4.78. The molecule has 1 aliphatic carbocycles. The van der Waals surface area contributed by atoms with E-state index in [1.807, 2.05) is 24.3 Å². The molecule has 0 bridgehead atoms. The number of rotatable bonds is 7. The molecule has 2 aliphatic rings. The van der Waals surface area contributed by atoms with Crippen LogP contribution in [0.1, 0.15) is 55.1 Å². The van der Waals surface area contributed by atoms with Gasteiger partial charge in [-0.25, -0.2) is 0 Å². The van der Waals surface area contributed by atoms with E-state index < -0.39 is 17.7 Å². The largest absolute Gasteiger partial charge is 0.507 e. The summed E-state index contributed by atoms with van der Waals surface area (Å²) in [5.41, 5.74) is 3.82. The van der Waals surface area contributed by atoms with Crippen LogP contribution in [0.5, 0.6) is 0 Å². The zero-order chi connectivity index (χ0) is 22.7. The van der Waals surface area contributed by atoms with Crippen molar-refractivity contribution in [1.82, 2.24) is 14.8 Å². The lowest BCUT2D eigenvalue weighted by Gasteiger charge is -2.27. The first-order valence-corrected chi connectivity index (χ1v) is 11.6. The van der Waals surface area contributed by atoms with Gasteiger partial charge in [-0.15, -0.1) is 0 Å². The Bertz CT molecular complexity index is 1030. The van der Waals surface area contributed by atoms with Crippen LogP contribution in [0.2, 0.25) is 0 Å². The smallest absolute Gasteiger partial charge is 0.295 e. The highest BCUT2D eigenvalue weighted by Gasteiger charge is 2.46. The van der Waals surface area contributed by atoms with Crippen LogP contribution in [0, 0.1) is 0 Å². The molecule has 1 fully saturated rings. The van der Waals surface area contributed by atoms with Crippen LogP contribution >= 0.6 is 0 Å². The molecule has 2 aromatic rings. The van der Waals surface area contributed by atoms with Gasteiger partial charge in [-0.2, -0.15) is 0 Å². The Kier molecular flexibility index (Phi) is 6.70. The number of likely N-dealkylation sites (N-methyl/N-ethyl adjacent to an activating group) is 1. The van der Waals surface area contributed by atoms with Gasteiger partial charge >= 0.3 is 0 Å². The molecular formula is C26H31N3O3. The lowest BCUT2D eigenvalue weighted by atomic mass is 9.89. The summed E-state index contributed by atoms with van der Waals surface area (Å²) in [6.45, 7) is 6.93. The molecule has 1 saturated heterocycles. The Morgan fingerprint density at radius 1 is 1.09 bits per heavy atom. The van der Waals surface area contributed by atoms with Gasteiger partial charge in [0.05, 0.1) is 11.3 Å². The monoisotopic (exact) mass is 433 g/mol. The van der Waals surface area contributed by atoms with Gasteiger partial charge in [0.1, 0.15) is 11.8 Å². The average Bonchev–Trinajstić information content (AvgIpc) is 3.09. The molecule has 168 valence electrons. The number of amides is 1. The number of likely N-dealkylation sites (tertiary alicyclic amines) is 1. The molecule has 1 aromatic carbocycles. The highest BCUT2D eigenvalue weighted by molar-refractivity contribution is 6.46. The predicted octanol–water partition coefficient (Wildman–Crippen LogP) is 3.72. The van der Waals surface area contributed by atoms with Crippen molar-refractivity contribution in [2.75, 3.05) is 26.2 Å². The number of benzene rings is 1. The number of carbonyl (C=O) groups is 2. The topological polar surface area (TPSA) is 73.7 Å². The van der Waals surface area contributed by atoms with E-state index in [4.69, 9.17) is 0 Å². The summed E-state index contributed by atoms with van der Waals surface area (Å²) < 4.78 is 0. The maximum atomic E-state index is 13.1. The second kappa shape index (κ2) is 9.65. The molecule has 6 nitrogen and oxygen atoms in total. The van der Waals surface area contributed by atoms with E-state index in [-0.39, 0.29) is 11.3 Å². The van der Waals surface area contributed by atoms with E-state index in [9.17, 15) is 14.7 Å². The maximum absolute atomic E-state index is 13.1. The van der Waals surface area contributed by atoms with E-state index in [1.165, 1.54) is 17.5 Å². The maximum Gasteiger partial charge on any atom is 0.295 e. The van der Waals surface area contributed by atoms with E-state index in [0.29, 0.717) is 24.3 Å². The number of hydrogen-bond donors (Lipinski definition) is 1. The summed E-state index contributed by atoms with van der Waals surface area (Å²) in [4.78, 5) is 34.4. The molecular weight excluding hydrogens is 402 g/mol. The zero-order valence-corrected chi connectivity index (χ0v) is 18.9. The van der Waals surface area contributed by atoms with Crippen molar-refractivity contribution in [3.05, 3.63) is 70.6 Å². The van der Waals surface area contributed by atoms with E-state index in [2.05, 4.69) is 23.7 Å². The lowest BCUT2D eigenvalue weighted by Crippen LogP contribution is -2.38. The molecule has 1 amide bonds. The number of aryl methyl sites for hydroxylation is 2. The van der Waals surface area contributed by atoms with Crippen molar-refractivity contribution in [3.63, 3.8) is 0 Å². The van der Waals surface area contributed by atoms with Crippen LogP contribution in [-0.4, -0.2) is 57.8 Å². The van der Waals surface area contributed by atoms with Crippen molar-refractivity contribution in [1.29, 1.82) is 0 Å². The van der Waals surface area contributed by atoms with Crippen LogP contribution in [0.3, 0.4) is 0 Å². The Morgan fingerprint density at radius 3 is 2.53 bits per heavy atom. The number of aromatic nitrogens is 1. The number of Topliss-reactive ketones (excluding diaryl/α,β-unsaturated/α-hetero) is 1. The fourth-order valence-electron chi connectivity index (χ4n) is 4.78. The van der Waals surface area contributed by atoms with Gasteiger partial charge in [-0.3, -0.25) is 14.6 Å². The first-order valence-electron chi connectivity index (χ1n) is 11.6. The summed E-state index contributed by atoms with van der Waals surface area (Å²) in [5, 5.41) is 11.3. The normalized spacial score (nSPS) is 20.1. The number of aliphatic hydroxyl groups is 1. The summed E-state index contributed by atoms with van der Waals surface area (Å²) in [5.74, 6) is -1.33. The van der Waals surface area contributed by atoms with Crippen LogP contribution in [0.25, 0.3) is 5.76 Å². The van der Waals surface area contributed by atoms with E-state index in [0.717, 1.165) is 32.4 Å². The number of hydrogen-bond acceptors (Lipinski definition) is 5. The zero-order valence-electron chi connectivity index (χ0n) is 18.9. The van der Waals surface area contributed by atoms with Gasteiger partial charge in [-0.05, 0) is 68.1 Å². The number of carbonyl (C=O) groups excluding carboxylic acids is 2. The van der Waals surface area contributed by atoms with Crippen molar-refractivity contribution in [2.24, 2.45) is 0 Å². The van der Waals surface area contributed by atoms with Crippen molar-refractivity contribution >= 4 is 17.4 Å². The molecule has 1 N–H and O–H groups in total. The third kappa shape index (κ3) is 4.19. The quantitative estimate of drug-likeness (QED) is 0.409. The van der Waals surface area contributed by atoms with Gasteiger partial charge < -0.3 is 14.9 Å². The van der Waals surface area contributed by atoms with E-state index in [1.54, 1.807) is 23.2 Å². The number of nitrogens with zero attached hydrogens (tertiary/aromatic N) is 3. The Morgan fingerprint density at radius 2 is 1.84 bits per heavy atom. The second-order valence-corrected chi connectivity index (χ2v) is 8.46. The molecule has 1 aromatic heterocycles. The fraction of sp³-hybridized carbons (Fsp3) is 0.423. The minimum Gasteiger partial charge on any atom is -0.507 e. The van der Waals surface area contributed by atoms with Gasteiger partial charge in [-0.1, -0.05) is 32.0 Å². The molecule has 2 heterocycles. The standard InChI is InChI=1S/C26H31N3O3/c1-3-28(4-2)15-16-29-23(21-11-7-8-14-27-21)22(25(31)26(29)32)24(30)20-13-12-18-9-5-6-10-19(18)17-20/h7-8,11-14,17,23,30H,3-6,9-10,15-16H2,1-2H3/b24-22-. The molecule has 1 atom stereocenters. The summed E-state index contributed by atoms with van der Waals surface area (Å²) in [7, 11) is 0. The predicted molar refractivity (Wildman–Crippen MR) is 124 cm³/mol. The van der Waals surface area contributed by atoms with Gasteiger partial charge in [0.2, 0.25) is 0 Å². The Labute approximate surface area is 189 Å². The molecule has 0 saturated carbocycles. The molecule has 1 aliphatic heterocycles. The van der Waals surface area contributed by atoms with Crippen LogP contribution in [0.4, 0.5) is 0 Å². The van der Waals surface area contributed by atoms with Crippen LogP contribution in [-0.2, 0) is 22.4 Å². The summed E-state index contributed by atoms with van der Waals surface area (Å²) in [6.07, 6.45) is 5.97. The van der Waals surface area contributed by atoms with Crippen molar-refractivity contribution < 1.29 is 14.7 Å². The van der Waals surface area contributed by atoms with Crippen molar-refractivity contribution in [3.8, 4) is 0 Å². The average molecular weight is 434 g/mol. The van der Waals surface area contributed by atoms with Crippen LogP contribution in [0.15, 0.2) is 48.2 Å². The Hall–Kier alpha value is -2.99. The first kappa shape index (κ1) is 22.2. The molecule has 4 rings (SSSR count). The third-order valence-electron chi connectivity index (χ3n) is 6.68. The highest BCUT2D eigenvalue weighted by atomic mass is 16.3. The number of aliphatic hydroxyl groups excluding tert-OH is 1. The summed E-state index contributed by atoms with van der Waals surface area (Å²) in [6, 6.07) is 10.6. The molecule has 1 unspecified atom stereocenters. The number of ketones is 1. The van der Waals surface area contributed by atoms with Crippen molar-refractivity contribution in [2.45, 2.75) is 45.6 Å². The number of pyridine rings is 1. The van der Waals surface area contributed by atoms with E-state index >= 15 is 0 Å². The van der Waals surface area contributed by atoms with Gasteiger partial charge in [0.15, 0.2) is 0 Å². The minimum atomic E-state index is -0.692. The SMILES string of the molecule is CCN(CC)CCN1C(=O)C(=O)/C(=C(\O)c2ccc3c(c2)CCCC3)C1c1ccccn1. The van der Waals surface area contributed by atoms with Gasteiger partial charge in [0, 0.05) is 24.8 Å². The Balaban J connectivity index is 1.76. The molecule has 32 heavy (non-hydrogen) atoms. The minimum absolute atomic E-state index is 0.113. The third-order valence-corrected chi connectivity index (χ3v) is 6.68. The first-order chi connectivity index (χ1) is 15.5. The number of fused-ring (bicyclic) bond motifs is 1. The highest BCUT2D eigenvalue weighted by Crippen LogP contribution is 2.39. The van der Waals surface area contributed by atoms with Crippen LogP contribution < -0.4 is 0 Å². The lowest BCUT2D eigenvalue weighted by molar-refractivity contribution is -0.140. The summed E-state index contributed by atoms with van der Waals surface area (Å²) >= 11 is 0. The molecule has 0 spiro atoms. The van der Waals surface area contributed by atoms with Gasteiger partial charge in [0.25, 0.3) is 11.7 Å². The molecule has 0 radical (unpaired) electrons.